The van der Waals surface area contributed by atoms with Crippen molar-refractivity contribution in [1.29, 1.82) is 0 Å². The van der Waals surface area contributed by atoms with Crippen LogP contribution in [0.5, 0.6) is 0 Å². The summed E-state index contributed by atoms with van der Waals surface area (Å²) in [5.74, 6) is -0.364. The molecule has 1 aromatic heterocycles. The first kappa shape index (κ1) is 19.8. The van der Waals surface area contributed by atoms with E-state index in [4.69, 9.17) is 4.74 Å². The SMILES string of the molecule is COC(=O)C1(c2ccccc2)CCN(C(=O)Cn2ncc(=O)c3ccccc32)CC1. The van der Waals surface area contributed by atoms with Crippen LogP contribution in [0.4, 0.5) is 0 Å². The van der Waals surface area contributed by atoms with Crippen LogP contribution in [-0.2, 0) is 26.3 Å². The lowest BCUT2D eigenvalue weighted by Gasteiger charge is -2.40. The van der Waals surface area contributed by atoms with Crippen molar-refractivity contribution in [3.05, 3.63) is 76.6 Å². The van der Waals surface area contributed by atoms with Crippen LogP contribution in [0.1, 0.15) is 18.4 Å². The molecule has 4 rings (SSSR count). The average molecular weight is 405 g/mol. The number of hydrogen-bond donors (Lipinski definition) is 0. The Labute approximate surface area is 173 Å². The molecule has 0 unspecified atom stereocenters. The highest BCUT2D eigenvalue weighted by atomic mass is 16.5. The van der Waals surface area contributed by atoms with Gasteiger partial charge < -0.3 is 9.64 Å². The smallest absolute Gasteiger partial charge is 0.316 e. The van der Waals surface area contributed by atoms with Crippen LogP contribution >= 0.6 is 0 Å². The highest BCUT2D eigenvalue weighted by Gasteiger charge is 2.44. The van der Waals surface area contributed by atoms with Gasteiger partial charge in [-0.25, -0.2) is 0 Å². The van der Waals surface area contributed by atoms with Gasteiger partial charge in [-0.1, -0.05) is 42.5 Å². The first-order valence-corrected chi connectivity index (χ1v) is 9.92. The maximum Gasteiger partial charge on any atom is 0.316 e. The predicted octanol–water partition coefficient (Wildman–Crippen LogP) is 2.13. The molecule has 3 aromatic rings. The summed E-state index contributed by atoms with van der Waals surface area (Å²) in [6.45, 7) is 0.930. The van der Waals surface area contributed by atoms with Gasteiger partial charge in [0.25, 0.3) is 0 Å². The molecule has 0 atom stereocenters. The highest BCUT2D eigenvalue weighted by Crippen LogP contribution is 2.36. The molecule has 30 heavy (non-hydrogen) atoms. The molecule has 154 valence electrons. The number of benzene rings is 2. The number of hydrogen-bond acceptors (Lipinski definition) is 5. The third-order valence-electron chi connectivity index (χ3n) is 5.92. The van der Waals surface area contributed by atoms with E-state index in [1.165, 1.54) is 13.3 Å². The maximum atomic E-state index is 13.0. The Morgan fingerprint density at radius 2 is 1.70 bits per heavy atom. The van der Waals surface area contributed by atoms with Crippen molar-refractivity contribution in [1.82, 2.24) is 14.7 Å². The molecule has 0 saturated carbocycles. The van der Waals surface area contributed by atoms with Crippen molar-refractivity contribution in [3.63, 3.8) is 0 Å². The van der Waals surface area contributed by atoms with E-state index in [-0.39, 0.29) is 23.9 Å². The number of piperidine rings is 1. The molecule has 1 saturated heterocycles. The summed E-state index contributed by atoms with van der Waals surface area (Å²) in [4.78, 5) is 39.4. The zero-order valence-corrected chi connectivity index (χ0v) is 16.8. The largest absolute Gasteiger partial charge is 0.468 e. The maximum absolute atomic E-state index is 13.0. The van der Waals surface area contributed by atoms with Gasteiger partial charge >= 0.3 is 5.97 Å². The molecule has 0 N–H and O–H groups in total. The lowest BCUT2D eigenvalue weighted by molar-refractivity contribution is -0.151. The van der Waals surface area contributed by atoms with Crippen LogP contribution < -0.4 is 5.43 Å². The van der Waals surface area contributed by atoms with Gasteiger partial charge in [-0.15, -0.1) is 0 Å². The standard InChI is InChI=1S/C23H23N3O4/c1-30-22(29)23(17-7-3-2-4-8-17)11-13-25(14-12-23)21(28)16-26-19-10-6-5-9-18(19)20(27)15-24-26/h2-10,15H,11-14,16H2,1H3. The van der Waals surface area contributed by atoms with Gasteiger partial charge in [-0.3, -0.25) is 19.1 Å². The summed E-state index contributed by atoms with van der Waals surface area (Å²) in [5.41, 5.74) is 0.633. The number of fused-ring (bicyclic) bond motifs is 1. The van der Waals surface area contributed by atoms with Crippen LogP contribution in [0, 0.1) is 0 Å². The second-order valence-electron chi connectivity index (χ2n) is 7.50. The Balaban J connectivity index is 1.53. The minimum Gasteiger partial charge on any atom is -0.468 e. The quantitative estimate of drug-likeness (QED) is 0.621. The number of rotatable bonds is 4. The molecule has 0 radical (unpaired) electrons. The summed E-state index contributed by atoms with van der Waals surface area (Å²) >= 11 is 0. The van der Waals surface area contributed by atoms with E-state index in [2.05, 4.69) is 5.10 Å². The van der Waals surface area contributed by atoms with E-state index in [1.54, 1.807) is 27.8 Å². The molecule has 7 heteroatoms. The minimum absolute atomic E-state index is 0.0390. The Kier molecular flexibility index (Phi) is 5.35. The molecular weight excluding hydrogens is 382 g/mol. The number of esters is 1. The summed E-state index contributed by atoms with van der Waals surface area (Å²) in [6.07, 6.45) is 2.23. The van der Waals surface area contributed by atoms with Gasteiger partial charge in [0.15, 0.2) is 0 Å². The van der Waals surface area contributed by atoms with Gasteiger partial charge in [-0.05, 0) is 30.5 Å². The number of methoxy groups -OCH3 is 1. The van der Waals surface area contributed by atoms with E-state index in [0.717, 1.165) is 5.56 Å². The third kappa shape index (κ3) is 3.47. The topological polar surface area (TPSA) is 81.5 Å². The van der Waals surface area contributed by atoms with Crippen molar-refractivity contribution in [2.45, 2.75) is 24.8 Å². The van der Waals surface area contributed by atoms with Gasteiger partial charge in [0, 0.05) is 18.5 Å². The van der Waals surface area contributed by atoms with E-state index < -0.39 is 5.41 Å². The van der Waals surface area contributed by atoms with Gasteiger partial charge in [-0.2, -0.15) is 5.10 Å². The molecule has 2 aromatic carbocycles. The van der Waals surface area contributed by atoms with Crippen molar-refractivity contribution in [2.75, 3.05) is 20.2 Å². The number of aromatic nitrogens is 2. The normalized spacial score (nSPS) is 15.7. The lowest BCUT2D eigenvalue weighted by atomic mass is 9.72. The van der Waals surface area contributed by atoms with Crippen molar-refractivity contribution in [2.24, 2.45) is 0 Å². The molecular formula is C23H23N3O4. The zero-order chi connectivity index (χ0) is 21.1. The van der Waals surface area contributed by atoms with Gasteiger partial charge in [0.2, 0.25) is 11.3 Å². The Bertz CT molecular complexity index is 1130. The number of nitrogens with zero attached hydrogens (tertiary/aromatic N) is 3. The van der Waals surface area contributed by atoms with E-state index in [0.29, 0.717) is 36.8 Å². The van der Waals surface area contributed by atoms with Crippen LogP contribution in [0.25, 0.3) is 10.9 Å². The molecule has 1 amide bonds. The number of para-hydroxylation sites is 1. The zero-order valence-electron chi connectivity index (χ0n) is 16.8. The second-order valence-corrected chi connectivity index (χ2v) is 7.50. The summed E-state index contributed by atoms with van der Waals surface area (Å²) in [5, 5.41) is 4.68. The second kappa shape index (κ2) is 8.10. The van der Waals surface area contributed by atoms with E-state index in [9.17, 15) is 14.4 Å². The lowest BCUT2D eigenvalue weighted by Crippen LogP contribution is -2.50. The average Bonchev–Trinajstić information content (AvgIpc) is 2.81. The fraction of sp³-hybridized carbons (Fsp3) is 0.304. The molecule has 0 spiro atoms. The van der Waals surface area contributed by atoms with Gasteiger partial charge in [0.1, 0.15) is 6.54 Å². The summed E-state index contributed by atoms with van der Waals surface area (Å²) in [7, 11) is 1.40. The first-order chi connectivity index (χ1) is 14.5. The van der Waals surface area contributed by atoms with E-state index >= 15 is 0 Å². The fourth-order valence-corrected chi connectivity index (χ4v) is 4.22. The molecule has 1 aliphatic heterocycles. The number of amides is 1. The van der Waals surface area contributed by atoms with Crippen LogP contribution in [-0.4, -0.2) is 46.8 Å². The van der Waals surface area contributed by atoms with Gasteiger partial charge in [0.05, 0.1) is 24.2 Å². The van der Waals surface area contributed by atoms with Crippen molar-refractivity contribution >= 4 is 22.8 Å². The monoisotopic (exact) mass is 405 g/mol. The Hall–Kier alpha value is -3.48. The molecule has 1 fully saturated rings. The number of ether oxygens (including phenoxy) is 1. The molecule has 0 aliphatic carbocycles. The van der Waals surface area contributed by atoms with Crippen molar-refractivity contribution in [3.8, 4) is 0 Å². The number of carbonyl (C=O) groups is 2. The minimum atomic E-state index is -0.741. The van der Waals surface area contributed by atoms with Crippen LogP contribution in [0.15, 0.2) is 65.6 Å². The Morgan fingerprint density at radius 3 is 2.40 bits per heavy atom. The molecule has 7 nitrogen and oxygen atoms in total. The summed E-state index contributed by atoms with van der Waals surface area (Å²) in [6, 6.07) is 16.7. The Morgan fingerprint density at radius 1 is 1.03 bits per heavy atom. The first-order valence-electron chi connectivity index (χ1n) is 9.92. The molecule has 1 aliphatic rings. The van der Waals surface area contributed by atoms with Crippen molar-refractivity contribution < 1.29 is 14.3 Å². The third-order valence-corrected chi connectivity index (χ3v) is 5.92. The van der Waals surface area contributed by atoms with Crippen LogP contribution in [0.2, 0.25) is 0 Å². The fourth-order valence-electron chi connectivity index (χ4n) is 4.22. The predicted molar refractivity (Wildman–Crippen MR) is 112 cm³/mol. The van der Waals surface area contributed by atoms with E-state index in [1.807, 2.05) is 36.4 Å². The highest BCUT2D eigenvalue weighted by molar-refractivity contribution is 5.85. The van der Waals surface area contributed by atoms with Crippen LogP contribution in [0.3, 0.4) is 0 Å². The number of carbonyl (C=O) groups excluding carboxylic acids is 2. The summed E-state index contributed by atoms with van der Waals surface area (Å²) < 4.78 is 6.67. The molecule has 2 heterocycles. The number of likely N-dealkylation sites (tertiary alicyclic amines) is 1. The molecule has 0 bridgehead atoms.